The second-order valence-corrected chi connectivity index (χ2v) is 14.6. The van der Waals surface area contributed by atoms with Crippen LogP contribution >= 0.6 is 0 Å². The van der Waals surface area contributed by atoms with Gasteiger partial charge in [-0.3, -0.25) is 28.9 Å². The fourth-order valence-corrected chi connectivity index (χ4v) is 5.84. The predicted octanol–water partition coefficient (Wildman–Crippen LogP) is 1.53. The van der Waals surface area contributed by atoms with Crippen LogP contribution in [0.5, 0.6) is 0 Å². The topological polar surface area (TPSA) is 162 Å². The molecule has 0 unspecified atom stereocenters. The smallest absolute Gasteiger partial charge is 0.318 e. The molecule has 2 amide bonds. The van der Waals surface area contributed by atoms with Crippen molar-refractivity contribution in [3.05, 3.63) is 12.2 Å². The van der Waals surface area contributed by atoms with Crippen LogP contribution in [0, 0.1) is 28.1 Å². The van der Waals surface area contributed by atoms with Crippen LogP contribution in [-0.2, 0) is 61.9 Å². The van der Waals surface area contributed by atoms with Gasteiger partial charge >= 0.3 is 17.9 Å². The van der Waals surface area contributed by atoms with Crippen molar-refractivity contribution in [3.8, 4) is 0 Å². The lowest BCUT2D eigenvalue weighted by atomic mass is 9.85. The van der Waals surface area contributed by atoms with E-state index >= 15 is 0 Å². The first-order chi connectivity index (χ1) is 21.4. The van der Waals surface area contributed by atoms with E-state index in [0.717, 1.165) is 0 Å². The maximum Gasteiger partial charge on any atom is 0.318 e. The van der Waals surface area contributed by atoms with Crippen LogP contribution in [0.2, 0.25) is 0 Å². The number of hydrogen-bond donors (Lipinski definition) is 0. The number of imide groups is 1. The van der Waals surface area contributed by atoms with Gasteiger partial charge in [-0.25, -0.2) is 0 Å². The molecular weight excluding hydrogens is 606 g/mol. The van der Waals surface area contributed by atoms with E-state index in [1.54, 1.807) is 41.5 Å². The van der Waals surface area contributed by atoms with Crippen LogP contribution in [0.25, 0.3) is 0 Å². The number of fused-ring (bicyclic) bond motifs is 5. The van der Waals surface area contributed by atoms with E-state index in [2.05, 4.69) is 0 Å². The molecule has 5 rings (SSSR count). The monoisotopic (exact) mass is 651 g/mol. The highest BCUT2D eigenvalue weighted by Crippen LogP contribution is 2.45. The Hall–Kier alpha value is -2.91. The average Bonchev–Trinajstić information content (AvgIpc) is 3.70. The van der Waals surface area contributed by atoms with Crippen molar-refractivity contribution in [2.75, 3.05) is 52.8 Å². The Balaban J connectivity index is 1.18. The van der Waals surface area contributed by atoms with Gasteiger partial charge in [0.1, 0.15) is 29.5 Å². The molecule has 256 valence electrons. The first-order valence-electron chi connectivity index (χ1n) is 15.7. The molecule has 5 heterocycles. The fraction of sp³-hybridized carbons (Fsp3) is 0.781. The summed E-state index contributed by atoms with van der Waals surface area (Å²) in [5.41, 5.74) is -3.84. The maximum absolute atomic E-state index is 13.5. The quantitative estimate of drug-likeness (QED) is 0.104. The number of carbonyl (C=O) groups is 5. The summed E-state index contributed by atoms with van der Waals surface area (Å²) < 4.78 is 45.0. The Labute approximate surface area is 268 Å². The highest BCUT2D eigenvalue weighted by atomic mass is 16.7. The zero-order chi connectivity index (χ0) is 33.7. The number of hydrogen-bond acceptors (Lipinski definition) is 13. The van der Waals surface area contributed by atoms with Crippen molar-refractivity contribution >= 4 is 29.7 Å². The lowest BCUT2D eigenvalue weighted by molar-refractivity contribution is -0.282. The van der Waals surface area contributed by atoms with Gasteiger partial charge < -0.3 is 37.9 Å². The van der Waals surface area contributed by atoms with E-state index in [1.807, 2.05) is 12.2 Å². The van der Waals surface area contributed by atoms with E-state index in [0.29, 0.717) is 0 Å². The fourth-order valence-electron chi connectivity index (χ4n) is 5.84. The average molecular weight is 652 g/mol. The highest BCUT2D eigenvalue weighted by Gasteiger charge is 2.60. The Kier molecular flexibility index (Phi) is 9.19. The second kappa shape index (κ2) is 12.3. The molecule has 5 aliphatic rings. The molecule has 4 atom stereocenters. The minimum absolute atomic E-state index is 0.0447. The Bertz CT molecular complexity index is 1190. The predicted molar refractivity (Wildman–Crippen MR) is 155 cm³/mol. The number of rotatable bonds is 11. The summed E-state index contributed by atoms with van der Waals surface area (Å²) >= 11 is 0. The zero-order valence-electron chi connectivity index (χ0n) is 27.6. The second-order valence-electron chi connectivity index (χ2n) is 14.6. The molecule has 0 aromatic carbocycles. The van der Waals surface area contributed by atoms with E-state index in [9.17, 15) is 24.0 Å². The number of likely N-dealkylation sites (tertiary alicyclic amines) is 1. The summed E-state index contributed by atoms with van der Waals surface area (Å²) in [6.07, 6.45) is 3.04. The summed E-state index contributed by atoms with van der Waals surface area (Å²) in [5.74, 6) is -5.40. The van der Waals surface area contributed by atoms with Crippen LogP contribution in [0.15, 0.2) is 12.2 Å². The van der Waals surface area contributed by atoms with Crippen molar-refractivity contribution in [3.63, 3.8) is 0 Å². The van der Waals surface area contributed by atoms with Gasteiger partial charge in [-0.2, -0.15) is 0 Å². The van der Waals surface area contributed by atoms with E-state index in [4.69, 9.17) is 37.9 Å². The molecule has 0 aromatic heterocycles. The normalized spacial score (nSPS) is 30.2. The molecule has 0 saturated carbocycles. The molecule has 2 bridgehead atoms. The van der Waals surface area contributed by atoms with Gasteiger partial charge in [-0.05, 0) is 54.9 Å². The molecule has 0 aromatic rings. The summed E-state index contributed by atoms with van der Waals surface area (Å²) in [7, 11) is 0. The van der Waals surface area contributed by atoms with Crippen molar-refractivity contribution in [2.24, 2.45) is 28.1 Å². The molecule has 4 saturated heterocycles. The first kappa shape index (κ1) is 34.4. The van der Waals surface area contributed by atoms with Crippen LogP contribution in [0.3, 0.4) is 0 Å². The molecular formula is C32H45NO13. The van der Waals surface area contributed by atoms with Crippen molar-refractivity contribution in [1.29, 1.82) is 0 Å². The molecule has 14 nitrogen and oxygen atoms in total. The number of carbonyl (C=O) groups excluding carboxylic acids is 5. The Morgan fingerprint density at radius 1 is 0.761 bits per heavy atom. The number of ether oxygens (including phenoxy) is 8. The standard InChI is InChI=1S/C32H45NO13/c1-28(2)42-15-31(6,16-43-28)26(37)40-13-30(5,14-41-27(38)32(7)17-44-29(3,4)45-18-32)25(36)39-12-8-11-33-23(34)21-19-9-10-20(46-19)22(21)24(33)35/h9-10,19-22H,8,11-18H2,1-7H3/t19-,20+,21-,22+. The Morgan fingerprint density at radius 3 is 1.59 bits per heavy atom. The van der Waals surface area contributed by atoms with Gasteiger partial charge in [0.15, 0.2) is 11.6 Å². The summed E-state index contributed by atoms with van der Waals surface area (Å²) in [6, 6.07) is 0. The molecule has 0 aliphatic carbocycles. The van der Waals surface area contributed by atoms with Crippen molar-refractivity contribution < 1.29 is 61.9 Å². The van der Waals surface area contributed by atoms with Crippen LogP contribution in [0.1, 0.15) is 54.9 Å². The van der Waals surface area contributed by atoms with Gasteiger partial charge in [0.25, 0.3) is 0 Å². The van der Waals surface area contributed by atoms with Gasteiger partial charge in [0.05, 0.1) is 57.1 Å². The van der Waals surface area contributed by atoms with Gasteiger partial charge in [0, 0.05) is 6.54 Å². The largest absolute Gasteiger partial charge is 0.465 e. The molecule has 0 radical (unpaired) electrons. The van der Waals surface area contributed by atoms with Gasteiger partial charge in [-0.1, -0.05) is 12.2 Å². The SMILES string of the molecule is CC1(C)OCC(C)(C(=O)OCC(C)(COC(=O)C2(C)COC(C)(C)OC2)C(=O)OCCCN2C(=O)[C@@H]3[C@H](C2=O)[C@H]2C=C[C@@H]3O2)CO1. The minimum atomic E-state index is -1.60. The van der Waals surface area contributed by atoms with Crippen molar-refractivity contribution in [1.82, 2.24) is 4.90 Å². The summed E-state index contributed by atoms with van der Waals surface area (Å²) in [6.45, 7) is 10.9. The van der Waals surface area contributed by atoms with Crippen molar-refractivity contribution in [2.45, 2.75) is 78.7 Å². The third kappa shape index (κ3) is 6.73. The van der Waals surface area contributed by atoms with Crippen LogP contribution < -0.4 is 0 Å². The third-order valence-corrected chi connectivity index (χ3v) is 9.24. The maximum atomic E-state index is 13.5. The number of esters is 3. The first-order valence-corrected chi connectivity index (χ1v) is 15.7. The lowest BCUT2D eigenvalue weighted by Crippen LogP contribution is -2.51. The van der Waals surface area contributed by atoms with Crippen LogP contribution in [0.4, 0.5) is 0 Å². The minimum Gasteiger partial charge on any atom is -0.465 e. The van der Waals surface area contributed by atoms with E-state index < -0.39 is 70.8 Å². The number of nitrogens with zero attached hydrogens (tertiary/aromatic N) is 1. The van der Waals surface area contributed by atoms with Gasteiger partial charge in [0.2, 0.25) is 11.8 Å². The zero-order valence-corrected chi connectivity index (χ0v) is 27.6. The van der Waals surface area contributed by atoms with E-state index in [-0.39, 0.29) is 70.0 Å². The molecule has 0 spiro atoms. The highest BCUT2D eigenvalue weighted by molar-refractivity contribution is 6.06. The summed E-state index contributed by atoms with van der Waals surface area (Å²) in [5, 5.41) is 0. The number of amides is 2. The summed E-state index contributed by atoms with van der Waals surface area (Å²) in [4.78, 5) is 66.8. The van der Waals surface area contributed by atoms with Crippen LogP contribution in [-0.4, -0.2) is 111 Å². The Morgan fingerprint density at radius 2 is 1.17 bits per heavy atom. The molecule has 14 heteroatoms. The van der Waals surface area contributed by atoms with Gasteiger partial charge in [-0.15, -0.1) is 0 Å². The third-order valence-electron chi connectivity index (χ3n) is 9.24. The molecule has 5 aliphatic heterocycles. The van der Waals surface area contributed by atoms with E-state index in [1.165, 1.54) is 11.8 Å². The lowest BCUT2D eigenvalue weighted by Gasteiger charge is -2.40. The molecule has 4 fully saturated rings. The molecule has 0 N–H and O–H groups in total. The molecule has 46 heavy (non-hydrogen) atoms.